The molecule has 9 heavy (non-hydrogen) atoms. The molecule has 0 aliphatic carbocycles. The Bertz CT molecular complexity index is 63.9. The zero-order valence-electron chi connectivity index (χ0n) is 6.02. The van der Waals surface area contributed by atoms with Crippen molar-refractivity contribution in [2.45, 2.75) is 13.3 Å². The third-order valence-corrected chi connectivity index (χ3v) is 0.984. The summed E-state index contributed by atoms with van der Waals surface area (Å²) < 4.78 is 4.90. The molecule has 54 valence electrons. The van der Waals surface area contributed by atoms with Gasteiger partial charge in [0.05, 0.1) is 12.9 Å². The zero-order chi connectivity index (χ0) is 6.95. The van der Waals surface area contributed by atoms with Crippen molar-refractivity contribution < 1.29 is 4.74 Å². The Balaban J connectivity index is 2.66. The SMILES string of the molecule is C=COCCCNCC. The molecule has 2 heteroatoms. The van der Waals surface area contributed by atoms with Crippen molar-refractivity contribution in [1.82, 2.24) is 5.32 Å². The first-order chi connectivity index (χ1) is 4.41. The van der Waals surface area contributed by atoms with E-state index in [0.29, 0.717) is 0 Å². The molecule has 0 rings (SSSR count). The minimum Gasteiger partial charge on any atom is -0.502 e. The predicted molar refractivity (Wildman–Crippen MR) is 39.3 cm³/mol. The van der Waals surface area contributed by atoms with Crippen molar-refractivity contribution in [1.29, 1.82) is 0 Å². The fraction of sp³-hybridized carbons (Fsp3) is 0.714. The van der Waals surface area contributed by atoms with Gasteiger partial charge in [0, 0.05) is 0 Å². The first kappa shape index (κ1) is 8.50. The average molecular weight is 129 g/mol. The van der Waals surface area contributed by atoms with Crippen LogP contribution in [0.2, 0.25) is 0 Å². The smallest absolute Gasteiger partial charge is 0.0885 e. The predicted octanol–water partition coefficient (Wildman–Crippen LogP) is 1.15. The molecule has 0 bridgehead atoms. The molecule has 0 aromatic carbocycles. The average Bonchev–Trinajstić information content (AvgIpc) is 1.89. The van der Waals surface area contributed by atoms with E-state index in [1.807, 2.05) is 0 Å². The van der Waals surface area contributed by atoms with Crippen LogP contribution in [-0.2, 0) is 4.74 Å². The maximum Gasteiger partial charge on any atom is 0.0885 e. The van der Waals surface area contributed by atoms with E-state index in [0.717, 1.165) is 26.1 Å². The summed E-state index contributed by atoms with van der Waals surface area (Å²) in [6, 6.07) is 0. The van der Waals surface area contributed by atoms with Gasteiger partial charge in [0.1, 0.15) is 0 Å². The van der Waals surface area contributed by atoms with E-state index in [1.165, 1.54) is 6.26 Å². The molecule has 0 aliphatic heterocycles. The van der Waals surface area contributed by atoms with Gasteiger partial charge in [-0.2, -0.15) is 0 Å². The molecule has 0 aromatic rings. The lowest BCUT2D eigenvalue weighted by molar-refractivity contribution is 0.245. The first-order valence-corrected chi connectivity index (χ1v) is 3.35. The second-order valence-corrected chi connectivity index (χ2v) is 1.74. The number of hydrogen-bond acceptors (Lipinski definition) is 2. The number of nitrogens with one attached hydrogen (secondary N) is 1. The highest BCUT2D eigenvalue weighted by Gasteiger charge is 1.82. The highest BCUT2D eigenvalue weighted by molar-refractivity contribution is 4.50. The van der Waals surface area contributed by atoms with Crippen molar-refractivity contribution in [2.24, 2.45) is 0 Å². The van der Waals surface area contributed by atoms with Crippen molar-refractivity contribution in [3.05, 3.63) is 12.8 Å². The molecule has 0 aliphatic rings. The van der Waals surface area contributed by atoms with Gasteiger partial charge in [0.25, 0.3) is 0 Å². The molecule has 0 fully saturated rings. The Morgan fingerprint density at radius 3 is 3.00 bits per heavy atom. The van der Waals surface area contributed by atoms with E-state index < -0.39 is 0 Å². The van der Waals surface area contributed by atoms with Gasteiger partial charge in [-0.25, -0.2) is 0 Å². The first-order valence-electron chi connectivity index (χ1n) is 3.35. The van der Waals surface area contributed by atoms with Gasteiger partial charge in [0.15, 0.2) is 0 Å². The maximum atomic E-state index is 4.90. The molecule has 0 aromatic heterocycles. The highest BCUT2D eigenvalue weighted by atomic mass is 16.5. The molecule has 2 nitrogen and oxygen atoms in total. The molecular weight excluding hydrogens is 114 g/mol. The van der Waals surface area contributed by atoms with E-state index in [4.69, 9.17) is 4.74 Å². The van der Waals surface area contributed by atoms with Gasteiger partial charge in [-0.05, 0) is 19.5 Å². The van der Waals surface area contributed by atoms with Crippen LogP contribution < -0.4 is 5.32 Å². The molecule has 0 amide bonds. The lowest BCUT2D eigenvalue weighted by Gasteiger charge is -1.99. The summed E-state index contributed by atoms with van der Waals surface area (Å²) in [5.74, 6) is 0. The standard InChI is InChI=1S/C7H15NO/c1-3-8-6-5-7-9-4-2/h4,8H,2-3,5-7H2,1H3. The second-order valence-electron chi connectivity index (χ2n) is 1.74. The summed E-state index contributed by atoms with van der Waals surface area (Å²) in [6.45, 7) is 8.37. The Hall–Kier alpha value is -0.500. The van der Waals surface area contributed by atoms with E-state index in [1.54, 1.807) is 0 Å². The lowest BCUT2D eigenvalue weighted by Crippen LogP contribution is -2.15. The molecule has 0 unspecified atom stereocenters. The van der Waals surface area contributed by atoms with Crippen molar-refractivity contribution >= 4 is 0 Å². The molecule has 0 saturated heterocycles. The second kappa shape index (κ2) is 7.50. The van der Waals surface area contributed by atoms with Gasteiger partial charge in [0.2, 0.25) is 0 Å². The highest BCUT2D eigenvalue weighted by Crippen LogP contribution is 1.79. The van der Waals surface area contributed by atoms with Crippen LogP contribution in [0.1, 0.15) is 13.3 Å². The van der Waals surface area contributed by atoms with Gasteiger partial charge >= 0.3 is 0 Å². The van der Waals surface area contributed by atoms with Gasteiger partial charge < -0.3 is 10.1 Å². The van der Waals surface area contributed by atoms with Crippen LogP contribution in [0.4, 0.5) is 0 Å². The number of hydrogen-bond donors (Lipinski definition) is 1. The Morgan fingerprint density at radius 1 is 1.67 bits per heavy atom. The largest absolute Gasteiger partial charge is 0.502 e. The zero-order valence-corrected chi connectivity index (χ0v) is 6.02. The van der Waals surface area contributed by atoms with Crippen LogP contribution >= 0.6 is 0 Å². The van der Waals surface area contributed by atoms with Gasteiger partial charge in [-0.3, -0.25) is 0 Å². The topological polar surface area (TPSA) is 21.3 Å². The fourth-order valence-corrected chi connectivity index (χ4v) is 0.541. The number of ether oxygens (including phenoxy) is 1. The Labute approximate surface area is 56.9 Å². The summed E-state index contributed by atoms with van der Waals surface area (Å²) >= 11 is 0. The van der Waals surface area contributed by atoms with Crippen LogP contribution in [0.15, 0.2) is 12.8 Å². The summed E-state index contributed by atoms with van der Waals surface area (Å²) in [7, 11) is 0. The van der Waals surface area contributed by atoms with E-state index in [-0.39, 0.29) is 0 Å². The third-order valence-electron chi connectivity index (χ3n) is 0.984. The van der Waals surface area contributed by atoms with E-state index >= 15 is 0 Å². The van der Waals surface area contributed by atoms with Crippen molar-refractivity contribution in [3.63, 3.8) is 0 Å². The minimum absolute atomic E-state index is 0.774. The van der Waals surface area contributed by atoms with Crippen LogP contribution in [-0.4, -0.2) is 19.7 Å². The van der Waals surface area contributed by atoms with E-state index in [9.17, 15) is 0 Å². The normalized spacial score (nSPS) is 9.00. The quantitative estimate of drug-likeness (QED) is 0.429. The fourth-order valence-electron chi connectivity index (χ4n) is 0.541. The van der Waals surface area contributed by atoms with Crippen LogP contribution in [0.5, 0.6) is 0 Å². The molecule has 0 saturated carbocycles. The summed E-state index contributed by atoms with van der Waals surface area (Å²) in [5.41, 5.74) is 0. The molecule has 0 radical (unpaired) electrons. The molecular formula is C7H15NO. The lowest BCUT2D eigenvalue weighted by atomic mass is 10.4. The summed E-state index contributed by atoms with van der Waals surface area (Å²) in [5, 5.41) is 3.19. The van der Waals surface area contributed by atoms with Gasteiger partial charge in [-0.15, -0.1) is 0 Å². The van der Waals surface area contributed by atoms with E-state index in [2.05, 4.69) is 18.8 Å². The summed E-state index contributed by atoms with van der Waals surface area (Å²) in [4.78, 5) is 0. The molecule has 0 heterocycles. The monoisotopic (exact) mass is 129 g/mol. The van der Waals surface area contributed by atoms with Crippen LogP contribution in [0, 0.1) is 0 Å². The Morgan fingerprint density at radius 2 is 2.44 bits per heavy atom. The van der Waals surface area contributed by atoms with Crippen molar-refractivity contribution in [2.75, 3.05) is 19.7 Å². The Kier molecular flexibility index (Phi) is 7.08. The van der Waals surface area contributed by atoms with Crippen molar-refractivity contribution in [3.8, 4) is 0 Å². The van der Waals surface area contributed by atoms with Crippen LogP contribution in [0.25, 0.3) is 0 Å². The summed E-state index contributed by atoms with van der Waals surface area (Å²) in [6.07, 6.45) is 2.53. The van der Waals surface area contributed by atoms with Crippen LogP contribution in [0.3, 0.4) is 0 Å². The third kappa shape index (κ3) is 7.50. The minimum atomic E-state index is 0.774. The molecule has 0 spiro atoms. The molecule has 0 atom stereocenters. The maximum absolute atomic E-state index is 4.90. The van der Waals surface area contributed by atoms with Gasteiger partial charge in [-0.1, -0.05) is 13.5 Å². The molecule has 1 N–H and O–H groups in total. The number of rotatable bonds is 6.